The second-order valence-corrected chi connectivity index (χ2v) is 4.08. The number of carbonyl (C=O) groups excluding carboxylic acids is 1. The Kier molecular flexibility index (Phi) is 5.38. The summed E-state index contributed by atoms with van der Waals surface area (Å²) in [5, 5.41) is 10.7. The fraction of sp³-hybridized carbons (Fsp3) is 0.231. The molecule has 102 valence electrons. The monoisotopic (exact) mass is 281 g/mol. The van der Waals surface area contributed by atoms with Crippen LogP contribution >= 0.6 is 11.6 Å². The van der Waals surface area contributed by atoms with Crippen molar-refractivity contribution >= 4 is 29.0 Å². The van der Waals surface area contributed by atoms with Crippen molar-refractivity contribution in [3.05, 3.63) is 40.5 Å². The van der Waals surface area contributed by atoms with Crippen LogP contribution in [-0.4, -0.2) is 25.5 Å². The van der Waals surface area contributed by atoms with E-state index < -0.39 is 5.97 Å². The van der Waals surface area contributed by atoms with Crippen molar-refractivity contribution in [3.63, 3.8) is 0 Å². The molecule has 6 heteroatoms. The average molecular weight is 282 g/mol. The molecule has 0 unspecified atom stereocenters. The summed E-state index contributed by atoms with van der Waals surface area (Å²) in [4.78, 5) is 11.7. The van der Waals surface area contributed by atoms with Gasteiger partial charge in [-0.2, -0.15) is 0 Å². The Balaban J connectivity index is 3.27. The largest absolute Gasteiger partial charge is 0.462 e. The minimum Gasteiger partial charge on any atom is -0.462 e. The van der Waals surface area contributed by atoms with Crippen LogP contribution in [0.2, 0.25) is 5.02 Å². The second-order valence-electron chi connectivity index (χ2n) is 3.68. The normalized spacial score (nSPS) is 11.0. The van der Waals surface area contributed by atoms with Crippen LogP contribution in [0.4, 0.5) is 0 Å². The Bertz CT molecular complexity index is 527. The fourth-order valence-corrected chi connectivity index (χ4v) is 1.74. The third-order valence-corrected chi connectivity index (χ3v) is 2.68. The van der Waals surface area contributed by atoms with E-state index in [1.165, 1.54) is 0 Å². The first-order valence-corrected chi connectivity index (χ1v) is 6.08. The standard InChI is InChI=1S/C13H16ClN3O2/c1-3-19-13(18)8-4-5-11(14)9(6-8)10(7-17-2)12(15)16/h4-7,17H,3H2,1-2H3,(H3,15,16)/b10-7-. The summed E-state index contributed by atoms with van der Waals surface area (Å²) >= 11 is 6.08. The zero-order valence-electron chi connectivity index (χ0n) is 10.8. The van der Waals surface area contributed by atoms with Gasteiger partial charge in [0.1, 0.15) is 5.84 Å². The van der Waals surface area contributed by atoms with E-state index in [1.54, 1.807) is 38.4 Å². The fourth-order valence-electron chi connectivity index (χ4n) is 1.52. The number of hydrogen-bond acceptors (Lipinski definition) is 4. The van der Waals surface area contributed by atoms with E-state index in [4.69, 9.17) is 27.5 Å². The number of benzene rings is 1. The number of carbonyl (C=O) groups is 1. The molecule has 0 spiro atoms. The maximum absolute atomic E-state index is 11.7. The first-order valence-electron chi connectivity index (χ1n) is 5.70. The maximum atomic E-state index is 11.7. The number of halogens is 1. The molecule has 5 nitrogen and oxygen atoms in total. The molecule has 0 aromatic heterocycles. The number of rotatable bonds is 5. The minimum atomic E-state index is -0.437. The van der Waals surface area contributed by atoms with Crippen LogP contribution in [0.15, 0.2) is 24.4 Å². The van der Waals surface area contributed by atoms with Crippen molar-refractivity contribution in [2.45, 2.75) is 6.92 Å². The second kappa shape index (κ2) is 6.80. The molecule has 0 bridgehead atoms. The molecule has 0 atom stereocenters. The average Bonchev–Trinajstić information content (AvgIpc) is 2.37. The molecule has 0 fully saturated rings. The van der Waals surface area contributed by atoms with Crippen molar-refractivity contribution in [1.82, 2.24) is 5.32 Å². The topological polar surface area (TPSA) is 88.2 Å². The molecule has 1 aromatic rings. The van der Waals surface area contributed by atoms with Crippen LogP contribution in [0.3, 0.4) is 0 Å². The third kappa shape index (κ3) is 3.72. The van der Waals surface area contributed by atoms with Crippen molar-refractivity contribution in [1.29, 1.82) is 5.41 Å². The van der Waals surface area contributed by atoms with Gasteiger partial charge in [-0.25, -0.2) is 4.79 Å². The van der Waals surface area contributed by atoms with E-state index in [0.29, 0.717) is 28.3 Å². The van der Waals surface area contributed by atoms with Gasteiger partial charge in [-0.05, 0) is 25.1 Å². The van der Waals surface area contributed by atoms with Crippen LogP contribution in [0.5, 0.6) is 0 Å². The summed E-state index contributed by atoms with van der Waals surface area (Å²) in [7, 11) is 1.69. The van der Waals surface area contributed by atoms with Crippen molar-refractivity contribution in [2.75, 3.05) is 13.7 Å². The maximum Gasteiger partial charge on any atom is 0.338 e. The van der Waals surface area contributed by atoms with Gasteiger partial charge in [0, 0.05) is 29.4 Å². The van der Waals surface area contributed by atoms with Crippen LogP contribution in [0.1, 0.15) is 22.8 Å². The van der Waals surface area contributed by atoms with Crippen LogP contribution < -0.4 is 11.1 Å². The molecule has 19 heavy (non-hydrogen) atoms. The number of nitrogens with one attached hydrogen (secondary N) is 2. The van der Waals surface area contributed by atoms with E-state index in [0.717, 1.165) is 0 Å². The van der Waals surface area contributed by atoms with Gasteiger partial charge in [0.25, 0.3) is 0 Å². The predicted octanol–water partition coefficient (Wildman–Crippen LogP) is 2.01. The van der Waals surface area contributed by atoms with Gasteiger partial charge in [-0.1, -0.05) is 11.6 Å². The highest BCUT2D eigenvalue weighted by Crippen LogP contribution is 2.25. The van der Waals surface area contributed by atoms with Crippen LogP contribution in [0, 0.1) is 5.41 Å². The highest BCUT2D eigenvalue weighted by atomic mass is 35.5. The Morgan fingerprint density at radius 2 is 2.26 bits per heavy atom. The molecule has 4 N–H and O–H groups in total. The van der Waals surface area contributed by atoms with E-state index >= 15 is 0 Å². The summed E-state index contributed by atoms with van der Waals surface area (Å²) in [5.41, 5.74) is 6.80. The van der Waals surface area contributed by atoms with E-state index in [2.05, 4.69) is 5.32 Å². The van der Waals surface area contributed by atoms with Gasteiger partial charge in [-0.15, -0.1) is 0 Å². The SMILES string of the molecule is CCOC(=O)c1ccc(Cl)c(/C(=C/NC)C(=N)N)c1. The Labute approximate surface area is 116 Å². The van der Waals surface area contributed by atoms with Crippen molar-refractivity contribution in [2.24, 2.45) is 5.73 Å². The van der Waals surface area contributed by atoms with Gasteiger partial charge < -0.3 is 15.8 Å². The van der Waals surface area contributed by atoms with Crippen molar-refractivity contribution < 1.29 is 9.53 Å². The minimum absolute atomic E-state index is 0.141. The van der Waals surface area contributed by atoms with E-state index in [9.17, 15) is 4.79 Å². The summed E-state index contributed by atoms with van der Waals surface area (Å²) < 4.78 is 4.92. The van der Waals surface area contributed by atoms with Gasteiger partial charge in [0.2, 0.25) is 0 Å². The summed E-state index contributed by atoms with van der Waals surface area (Å²) in [6, 6.07) is 4.71. The first kappa shape index (κ1) is 15.0. The highest BCUT2D eigenvalue weighted by molar-refractivity contribution is 6.35. The highest BCUT2D eigenvalue weighted by Gasteiger charge is 2.14. The molecule has 0 aliphatic heterocycles. The number of ether oxygens (including phenoxy) is 1. The quantitative estimate of drug-likeness (QED) is 0.438. The lowest BCUT2D eigenvalue weighted by Gasteiger charge is -2.10. The van der Waals surface area contributed by atoms with Gasteiger partial charge in [-0.3, -0.25) is 5.41 Å². The van der Waals surface area contributed by atoms with Crippen molar-refractivity contribution in [3.8, 4) is 0 Å². The zero-order chi connectivity index (χ0) is 14.4. The summed E-state index contributed by atoms with van der Waals surface area (Å²) in [6.45, 7) is 2.03. The Morgan fingerprint density at radius 1 is 1.58 bits per heavy atom. The Morgan fingerprint density at radius 3 is 2.79 bits per heavy atom. The molecule has 0 aliphatic rings. The molecular formula is C13H16ClN3O2. The van der Waals surface area contributed by atoms with Crippen LogP contribution in [-0.2, 0) is 4.74 Å². The summed E-state index contributed by atoms with van der Waals surface area (Å²) in [5.74, 6) is -0.579. The molecule has 1 rings (SSSR count). The predicted molar refractivity (Wildman–Crippen MR) is 76.4 cm³/mol. The molecule has 1 aromatic carbocycles. The molecule has 0 amide bonds. The Hall–Kier alpha value is -2.01. The molecule has 0 aliphatic carbocycles. The smallest absolute Gasteiger partial charge is 0.338 e. The zero-order valence-corrected chi connectivity index (χ0v) is 11.5. The lowest BCUT2D eigenvalue weighted by molar-refractivity contribution is 0.0526. The number of hydrogen-bond donors (Lipinski definition) is 3. The van der Waals surface area contributed by atoms with Crippen LogP contribution in [0.25, 0.3) is 5.57 Å². The molecule has 0 saturated heterocycles. The van der Waals surface area contributed by atoms with Gasteiger partial charge in [0.15, 0.2) is 0 Å². The van der Waals surface area contributed by atoms with Gasteiger partial charge >= 0.3 is 5.97 Å². The van der Waals surface area contributed by atoms with E-state index in [1.807, 2.05) is 0 Å². The summed E-state index contributed by atoms with van der Waals surface area (Å²) in [6.07, 6.45) is 1.55. The lowest BCUT2D eigenvalue weighted by atomic mass is 10.0. The third-order valence-electron chi connectivity index (χ3n) is 2.35. The van der Waals surface area contributed by atoms with Gasteiger partial charge in [0.05, 0.1) is 12.2 Å². The first-order chi connectivity index (χ1) is 9.01. The number of nitrogens with two attached hydrogens (primary N) is 1. The number of esters is 1. The van der Waals surface area contributed by atoms with E-state index in [-0.39, 0.29) is 5.84 Å². The number of amidine groups is 1. The lowest BCUT2D eigenvalue weighted by Crippen LogP contribution is -2.15. The molecular weight excluding hydrogens is 266 g/mol. The molecule has 0 heterocycles. The molecule has 0 radical (unpaired) electrons. The molecule has 0 saturated carbocycles.